The first-order valence-corrected chi connectivity index (χ1v) is 7.83. The van der Waals surface area contributed by atoms with Gasteiger partial charge in [-0.3, -0.25) is 0 Å². The highest BCUT2D eigenvalue weighted by Gasteiger charge is 2.41. The molecule has 2 fully saturated rings. The van der Waals surface area contributed by atoms with Gasteiger partial charge in [0.1, 0.15) is 6.04 Å². The van der Waals surface area contributed by atoms with E-state index in [2.05, 4.69) is 19.0 Å². The molecule has 21 heavy (non-hydrogen) atoms. The van der Waals surface area contributed by atoms with Crippen LogP contribution in [0.1, 0.15) is 26.2 Å². The number of nitrogens with zero attached hydrogens (tertiary/aromatic N) is 3. The molecule has 2 rings (SSSR count). The molecule has 0 radical (unpaired) electrons. The molecule has 0 saturated carbocycles. The summed E-state index contributed by atoms with van der Waals surface area (Å²) in [5.74, 6) is -0.203. The minimum Gasteiger partial charge on any atom is -0.480 e. The molecule has 0 spiro atoms. The van der Waals surface area contributed by atoms with Crippen LogP contribution in [0.15, 0.2) is 0 Å². The van der Waals surface area contributed by atoms with Crippen molar-refractivity contribution in [2.75, 3.05) is 40.3 Å². The Morgan fingerprint density at radius 3 is 2.29 bits per heavy atom. The van der Waals surface area contributed by atoms with Crippen molar-refractivity contribution in [1.82, 2.24) is 14.7 Å². The molecule has 2 atom stereocenters. The van der Waals surface area contributed by atoms with Gasteiger partial charge in [0.25, 0.3) is 0 Å². The monoisotopic (exact) mass is 297 g/mol. The van der Waals surface area contributed by atoms with Crippen molar-refractivity contribution < 1.29 is 14.7 Å². The molecule has 0 aromatic rings. The Hall–Kier alpha value is -1.30. The van der Waals surface area contributed by atoms with Crippen molar-refractivity contribution in [3.63, 3.8) is 0 Å². The second kappa shape index (κ2) is 6.64. The summed E-state index contributed by atoms with van der Waals surface area (Å²) in [4.78, 5) is 29.5. The Bertz CT molecular complexity index is 392. The molecule has 0 bridgehead atoms. The molecule has 2 heterocycles. The maximum Gasteiger partial charge on any atom is 0.326 e. The van der Waals surface area contributed by atoms with Crippen LogP contribution in [0.5, 0.6) is 0 Å². The molecule has 2 unspecified atom stereocenters. The van der Waals surface area contributed by atoms with Crippen LogP contribution in [0.4, 0.5) is 4.79 Å². The van der Waals surface area contributed by atoms with E-state index >= 15 is 0 Å². The van der Waals surface area contributed by atoms with Crippen LogP contribution in [-0.2, 0) is 4.79 Å². The smallest absolute Gasteiger partial charge is 0.326 e. The zero-order valence-corrected chi connectivity index (χ0v) is 13.3. The number of aliphatic carboxylic acids is 1. The minimum absolute atomic E-state index is 0.0396. The summed E-state index contributed by atoms with van der Waals surface area (Å²) in [5, 5.41) is 9.32. The van der Waals surface area contributed by atoms with E-state index in [1.807, 2.05) is 11.8 Å². The first kappa shape index (κ1) is 16.1. The summed E-state index contributed by atoms with van der Waals surface area (Å²) in [7, 11) is 4.14. The summed E-state index contributed by atoms with van der Waals surface area (Å²) in [5.41, 5.74) is 0. The van der Waals surface area contributed by atoms with Crippen molar-refractivity contribution in [2.24, 2.45) is 11.8 Å². The molecular weight excluding hydrogens is 270 g/mol. The quantitative estimate of drug-likeness (QED) is 0.849. The summed E-state index contributed by atoms with van der Waals surface area (Å²) in [6.45, 7) is 5.02. The topological polar surface area (TPSA) is 64.1 Å². The lowest BCUT2D eigenvalue weighted by molar-refractivity contribution is -0.142. The average molecular weight is 297 g/mol. The summed E-state index contributed by atoms with van der Waals surface area (Å²) in [6.07, 6.45) is 2.79. The number of urea groups is 1. The van der Waals surface area contributed by atoms with E-state index in [4.69, 9.17) is 0 Å². The number of piperidine rings is 1. The fraction of sp³-hybridized carbons (Fsp3) is 0.867. The van der Waals surface area contributed by atoms with Crippen molar-refractivity contribution in [3.8, 4) is 0 Å². The Kier molecular flexibility index (Phi) is 5.08. The van der Waals surface area contributed by atoms with Gasteiger partial charge in [-0.05, 0) is 45.2 Å². The van der Waals surface area contributed by atoms with Crippen molar-refractivity contribution in [3.05, 3.63) is 0 Å². The lowest BCUT2D eigenvalue weighted by Gasteiger charge is -2.36. The van der Waals surface area contributed by atoms with Gasteiger partial charge in [0.15, 0.2) is 0 Å². The van der Waals surface area contributed by atoms with E-state index < -0.39 is 12.0 Å². The first-order chi connectivity index (χ1) is 9.90. The van der Waals surface area contributed by atoms with Crippen LogP contribution >= 0.6 is 0 Å². The summed E-state index contributed by atoms with van der Waals surface area (Å²) in [6, 6.07) is -0.743. The maximum atomic E-state index is 12.6. The Morgan fingerprint density at radius 1 is 1.14 bits per heavy atom. The third-order valence-electron chi connectivity index (χ3n) is 4.71. The summed E-state index contributed by atoms with van der Waals surface area (Å²) < 4.78 is 0. The maximum absolute atomic E-state index is 12.6. The normalized spacial score (nSPS) is 27.4. The third-order valence-corrected chi connectivity index (χ3v) is 4.71. The molecule has 6 heteroatoms. The molecule has 2 aliphatic heterocycles. The van der Waals surface area contributed by atoms with Crippen molar-refractivity contribution >= 4 is 12.0 Å². The van der Waals surface area contributed by atoms with E-state index in [9.17, 15) is 14.7 Å². The SMILES string of the molecule is CC1CCN(C(=O)N2CCC(CN(C)C)CC2)C1C(=O)O. The Labute approximate surface area is 126 Å². The number of carbonyl (C=O) groups is 2. The molecular formula is C15H27N3O3. The predicted octanol–water partition coefficient (Wildman–Crippen LogP) is 1.18. The van der Waals surface area contributed by atoms with Gasteiger partial charge in [0.2, 0.25) is 0 Å². The van der Waals surface area contributed by atoms with Gasteiger partial charge in [-0.1, -0.05) is 6.92 Å². The van der Waals surface area contributed by atoms with Crippen LogP contribution in [0.2, 0.25) is 0 Å². The van der Waals surface area contributed by atoms with Gasteiger partial charge in [-0.15, -0.1) is 0 Å². The van der Waals surface area contributed by atoms with E-state index in [0.717, 1.165) is 38.9 Å². The van der Waals surface area contributed by atoms with Crippen LogP contribution < -0.4 is 0 Å². The van der Waals surface area contributed by atoms with Gasteiger partial charge in [-0.2, -0.15) is 0 Å². The van der Waals surface area contributed by atoms with Crippen molar-refractivity contribution in [2.45, 2.75) is 32.2 Å². The number of likely N-dealkylation sites (tertiary alicyclic amines) is 2. The largest absolute Gasteiger partial charge is 0.480 e. The third kappa shape index (κ3) is 3.67. The van der Waals surface area contributed by atoms with E-state index in [1.165, 1.54) is 0 Å². The highest BCUT2D eigenvalue weighted by atomic mass is 16.4. The second-order valence-corrected chi connectivity index (χ2v) is 6.72. The molecule has 120 valence electrons. The van der Waals surface area contributed by atoms with E-state index in [0.29, 0.717) is 12.5 Å². The lowest BCUT2D eigenvalue weighted by Crippen LogP contribution is -2.51. The van der Waals surface area contributed by atoms with Crippen LogP contribution in [0.3, 0.4) is 0 Å². The highest BCUT2D eigenvalue weighted by molar-refractivity contribution is 5.83. The number of carbonyl (C=O) groups excluding carboxylic acids is 1. The molecule has 2 saturated heterocycles. The van der Waals surface area contributed by atoms with Gasteiger partial charge in [0.05, 0.1) is 0 Å². The number of hydrogen-bond acceptors (Lipinski definition) is 3. The zero-order valence-electron chi connectivity index (χ0n) is 13.3. The van der Waals surface area contributed by atoms with Gasteiger partial charge in [-0.25, -0.2) is 9.59 Å². The Balaban J connectivity index is 1.91. The standard InChI is InChI=1S/C15H27N3O3/c1-11-4-9-18(13(11)14(19)20)15(21)17-7-5-12(6-8-17)10-16(2)3/h11-13H,4-10H2,1-3H3,(H,19,20). The van der Waals surface area contributed by atoms with Gasteiger partial charge < -0.3 is 19.8 Å². The fourth-order valence-corrected chi connectivity index (χ4v) is 3.54. The molecule has 2 aliphatic rings. The molecule has 0 aromatic heterocycles. The van der Waals surface area contributed by atoms with Gasteiger partial charge in [0, 0.05) is 26.2 Å². The molecule has 0 aromatic carbocycles. The fourth-order valence-electron chi connectivity index (χ4n) is 3.54. The van der Waals surface area contributed by atoms with Crippen LogP contribution in [0, 0.1) is 11.8 Å². The van der Waals surface area contributed by atoms with E-state index in [-0.39, 0.29) is 11.9 Å². The summed E-state index contributed by atoms with van der Waals surface area (Å²) >= 11 is 0. The van der Waals surface area contributed by atoms with Crippen molar-refractivity contribution in [1.29, 1.82) is 0 Å². The number of carboxylic acids is 1. The number of rotatable bonds is 3. The molecule has 2 amide bonds. The van der Waals surface area contributed by atoms with Gasteiger partial charge >= 0.3 is 12.0 Å². The molecule has 0 aliphatic carbocycles. The number of amides is 2. The Morgan fingerprint density at radius 2 is 1.76 bits per heavy atom. The average Bonchev–Trinajstić information content (AvgIpc) is 2.80. The zero-order chi connectivity index (χ0) is 15.6. The highest BCUT2D eigenvalue weighted by Crippen LogP contribution is 2.27. The number of carboxylic acid groups (broad SMARTS) is 1. The first-order valence-electron chi connectivity index (χ1n) is 7.83. The molecule has 1 N–H and O–H groups in total. The minimum atomic E-state index is -0.879. The second-order valence-electron chi connectivity index (χ2n) is 6.72. The molecule has 6 nitrogen and oxygen atoms in total. The van der Waals surface area contributed by atoms with Crippen LogP contribution in [0.25, 0.3) is 0 Å². The lowest BCUT2D eigenvalue weighted by atomic mass is 9.96. The number of hydrogen-bond donors (Lipinski definition) is 1. The van der Waals surface area contributed by atoms with E-state index in [1.54, 1.807) is 4.90 Å². The van der Waals surface area contributed by atoms with Crippen LogP contribution in [-0.4, -0.2) is 78.1 Å². The predicted molar refractivity (Wildman–Crippen MR) is 80.2 cm³/mol.